The Bertz CT molecular complexity index is 747. The van der Waals surface area contributed by atoms with Crippen molar-refractivity contribution in [2.75, 3.05) is 25.0 Å². The number of hydrogen-bond donors (Lipinski definition) is 1. The summed E-state index contributed by atoms with van der Waals surface area (Å²) in [5, 5.41) is 4.16. The largest absolute Gasteiger partial charge is 0.484 e. The molecule has 24 heavy (non-hydrogen) atoms. The number of nitrogens with zero attached hydrogens (tertiary/aromatic N) is 2. The molecule has 1 aromatic heterocycles. The van der Waals surface area contributed by atoms with Crippen LogP contribution in [-0.2, 0) is 17.8 Å². The number of aromatic nitrogens is 1. The van der Waals surface area contributed by atoms with E-state index in [4.69, 9.17) is 16.3 Å². The highest BCUT2D eigenvalue weighted by Gasteiger charge is 2.20. The quantitative estimate of drug-likeness (QED) is 0.881. The molecule has 1 N–H and O–H groups in total. The van der Waals surface area contributed by atoms with Crippen LogP contribution in [0, 0.1) is 6.92 Å². The number of halogens is 1. The van der Waals surface area contributed by atoms with Gasteiger partial charge in [-0.1, -0.05) is 18.5 Å². The minimum absolute atomic E-state index is 0.0492. The van der Waals surface area contributed by atoms with Crippen LogP contribution in [-0.4, -0.2) is 35.5 Å². The van der Waals surface area contributed by atoms with Crippen LogP contribution < -0.4 is 10.1 Å². The Morgan fingerprint density at radius 2 is 2.33 bits per heavy atom. The van der Waals surface area contributed by atoms with Gasteiger partial charge in [-0.05, 0) is 37.2 Å². The normalized spacial score (nSPS) is 14.3. The first-order valence-electron chi connectivity index (χ1n) is 7.95. The number of hydrogen-bond acceptors (Lipinski definition) is 5. The molecule has 0 fully saturated rings. The molecule has 0 aliphatic carbocycles. The molecule has 1 aromatic carbocycles. The van der Waals surface area contributed by atoms with Gasteiger partial charge in [0.05, 0.1) is 5.69 Å². The third kappa shape index (κ3) is 4.06. The maximum absolute atomic E-state index is 12.1. The average molecular weight is 366 g/mol. The first kappa shape index (κ1) is 17.2. The molecule has 1 amide bonds. The van der Waals surface area contributed by atoms with E-state index in [2.05, 4.69) is 22.1 Å². The van der Waals surface area contributed by atoms with E-state index in [1.807, 2.05) is 13.0 Å². The van der Waals surface area contributed by atoms with Crippen LogP contribution in [0.5, 0.6) is 5.75 Å². The molecular formula is C17H20ClN3O2S. The molecule has 1 aliphatic heterocycles. The van der Waals surface area contributed by atoms with Gasteiger partial charge in [-0.25, -0.2) is 4.98 Å². The first-order valence-corrected chi connectivity index (χ1v) is 9.14. The van der Waals surface area contributed by atoms with Crippen molar-refractivity contribution < 1.29 is 9.53 Å². The summed E-state index contributed by atoms with van der Waals surface area (Å²) in [4.78, 5) is 20.2. The van der Waals surface area contributed by atoms with Crippen LogP contribution in [0.2, 0.25) is 5.02 Å². The summed E-state index contributed by atoms with van der Waals surface area (Å²) in [5.74, 6) is 0.421. The molecule has 0 atom stereocenters. The number of amides is 1. The number of benzene rings is 1. The zero-order valence-electron chi connectivity index (χ0n) is 13.8. The second kappa shape index (κ2) is 7.51. The van der Waals surface area contributed by atoms with E-state index >= 15 is 0 Å². The molecule has 0 radical (unpaired) electrons. The number of anilines is 1. The molecule has 0 bridgehead atoms. The lowest BCUT2D eigenvalue weighted by Gasteiger charge is -2.23. The molecule has 2 aromatic rings. The zero-order chi connectivity index (χ0) is 17.1. The SMILES string of the molecule is CCN1CCc2nc(NC(=O)COc3ccc(Cl)c(C)c3)sc2C1. The lowest BCUT2D eigenvalue weighted by Crippen LogP contribution is -2.29. The summed E-state index contributed by atoms with van der Waals surface area (Å²) in [6.45, 7) is 6.98. The van der Waals surface area contributed by atoms with E-state index in [1.54, 1.807) is 23.5 Å². The molecule has 128 valence electrons. The Morgan fingerprint density at radius 1 is 1.50 bits per heavy atom. The van der Waals surface area contributed by atoms with Crippen molar-refractivity contribution in [2.45, 2.75) is 26.8 Å². The lowest BCUT2D eigenvalue weighted by molar-refractivity contribution is -0.118. The number of rotatable bonds is 5. The molecule has 0 saturated carbocycles. The number of likely N-dealkylation sites (N-methyl/N-ethyl adjacent to an activating group) is 1. The fraction of sp³-hybridized carbons (Fsp3) is 0.412. The van der Waals surface area contributed by atoms with Crippen molar-refractivity contribution in [1.29, 1.82) is 0 Å². The Hall–Kier alpha value is -1.63. The zero-order valence-corrected chi connectivity index (χ0v) is 15.3. The van der Waals surface area contributed by atoms with E-state index in [0.29, 0.717) is 15.9 Å². The van der Waals surface area contributed by atoms with Crippen molar-refractivity contribution in [3.8, 4) is 5.75 Å². The number of nitrogens with one attached hydrogen (secondary N) is 1. The van der Waals surface area contributed by atoms with Crippen molar-refractivity contribution in [3.63, 3.8) is 0 Å². The third-order valence-corrected chi connectivity index (χ3v) is 5.43. The maximum Gasteiger partial charge on any atom is 0.264 e. The number of carbonyl (C=O) groups excluding carboxylic acids is 1. The number of aryl methyl sites for hydroxylation is 1. The molecular weight excluding hydrogens is 346 g/mol. The predicted octanol–water partition coefficient (Wildman–Crippen LogP) is 3.50. The van der Waals surface area contributed by atoms with E-state index in [1.165, 1.54) is 4.88 Å². The van der Waals surface area contributed by atoms with E-state index in [0.717, 1.165) is 37.3 Å². The molecule has 3 rings (SSSR count). The number of thiazole rings is 1. The minimum Gasteiger partial charge on any atom is -0.484 e. The molecule has 0 unspecified atom stereocenters. The first-order chi connectivity index (χ1) is 11.5. The monoisotopic (exact) mass is 365 g/mol. The summed E-state index contributed by atoms with van der Waals surface area (Å²) < 4.78 is 5.51. The van der Waals surface area contributed by atoms with Crippen LogP contribution in [0.4, 0.5) is 5.13 Å². The highest BCUT2D eigenvalue weighted by molar-refractivity contribution is 7.15. The second-order valence-electron chi connectivity index (χ2n) is 5.76. The van der Waals surface area contributed by atoms with Gasteiger partial charge in [0, 0.05) is 29.4 Å². The minimum atomic E-state index is -0.207. The summed E-state index contributed by atoms with van der Waals surface area (Å²) in [7, 11) is 0. The van der Waals surface area contributed by atoms with Crippen molar-refractivity contribution in [2.24, 2.45) is 0 Å². The van der Waals surface area contributed by atoms with E-state index < -0.39 is 0 Å². The highest BCUT2D eigenvalue weighted by atomic mass is 35.5. The van der Waals surface area contributed by atoms with Crippen molar-refractivity contribution in [3.05, 3.63) is 39.4 Å². The Morgan fingerprint density at radius 3 is 3.08 bits per heavy atom. The summed E-state index contributed by atoms with van der Waals surface area (Å²) >= 11 is 7.53. The van der Waals surface area contributed by atoms with Gasteiger partial charge in [0.25, 0.3) is 5.91 Å². The van der Waals surface area contributed by atoms with E-state index in [-0.39, 0.29) is 12.5 Å². The molecule has 2 heterocycles. The van der Waals surface area contributed by atoms with Gasteiger partial charge in [-0.3, -0.25) is 15.0 Å². The van der Waals surface area contributed by atoms with Gasteiger partial charge < -0.3 is 4.74 Å². The second-order valence-corrected chi connectivity index (χ2v) is 7.25. The van der Waals surface area contributed by atoms with Gasteiger partial charge >= 0.3 is 0 Å². The molecule has 0 saturated heterocycles. The van der Waals surface area contributed by atoms with Gasteiger partial charge in [-0.2, -0.15) is 0 Å². The highest BCUT2D eigenvalue weighted by Crippen LogP contribution is 2.28. The summed E-state index contributed by atoms with van der Waals surface area (Å²) in [6.07, 6.45) is 0.941. The standard InChI is InChI=1S/C17H20ClN3O2S/c1-3-21-7-6-14-15(9-21)24-17(19-14)20-16(22)10-23-12-4-5-13(18)11(2)8-12/h4-5,8H,3,6-7,9-10H2,1-2H3,(H,19,20,22). The van der Waals surface area contributed by atoms with Gasteiger partial charge in [0.15, 0.2) is 11.7 Å². The Labute approximate surface area is 150 Å². The lowest BCUT2D eigenvalue weighted by atomic mass is 10.2. The fourth-order valence-electron chi connectivity index (χ4n) is 2.58. The maximum atomic E-state index is 12.1. The smallest absolute Gasteiger partial charge is 0.264 e. The molecule has 0 spiro atoms. The van der Waals surface area contributed by atoms with E-state index in [9.17, 15) is 4.79 Å². The summed E-state index contributed by atoms with van der Waals surface area (Å²) in [6, 6.07) is 5.33. The van der Waals surface area contributed by atoms with Crippen LogP contribution in [0.1, 0.15) is 23.1 Å². The fourth-order valence-corrected chi connectivity index (χ4v) is 3.77. The Balaban J connectivity index is 1.55. The van der Waals surface area contributed by atoms with Gasteiger partial charge in [0.1, 0.15) is 5.75 Å². The summed E-state index contributed by atoms with van der Waals surface area (Å²) in [5.41, 5.74) is 2.02. The number of ether oxygens (including phenoxy) is 1. The van der Waals surface area contributed by atoms with Gasteiger partial charge in [0.2, 0.25) is 0 Å². The third-order valence-electron chi connectivity index (χ3n) is 4.00. The van der Waals surface area contributed by atoms with Crippen LogP contribution in [0.3, 0.4) is 0 Å². The van der Waals surface area contributed by atoms with Crippen molar-refractivity contribution in [1.82, 2.24) is 9.88 Å². The van der Waals surface area contributed by atoms with Crippen molar-refractivity contribution >= 4 is 34.0 Å². The van der Waals surface area contributed by atoms with Crippen LogP contribution in [0.25, 0.3) is 0 Å². The molecule has 5 nitrogen and oxygen atoms in total. The molecule has 1 aliphatic rings. The van der Waals surface area contributed by atoms with Gasteiger partial charge in [-0.15, -0.1) is 11.3 Å². The average Bonchev–Trinajstić information content (AvgIpc) is 2.97. The predicted molar refractivity (Wildman–Crippen MR) is 97.1 cm³/mol. The number of carbonyl (C=O) groups is 1. The topological polar surface area (TPSA) is 54.5 Å². The van der Waals surface area contributed by atoms with Crippen LogP contribution in [0.15, 0.2) is 18.2 Å². The number of fused-ring (bicyclic) bond motifs is 1. The Kier molecular flexibility index (Phi) is 5.38. The molecule has 7 heteroatoms. The van der Waals surface area contributed by atoms with Crippen LogP contribution >= 0.6 is 22.9 Å².